The van der Waals surface area contributed by atoms with Gasteiger partial charge in [-0.3, -0.25) is 10.3 Å². The number of aliphatic hydroxyl groups is 1. The number of anilines is 1. The van der Waals surface area contributed by atoms with E-state index in [0.717, 1.165) is 44.8 Å². The zero-order chi connectivity index (χ0) is 18.7. The van der Waals surface area contributed by atoms with E-state index in [1.807, 2.05) is 36.7 Å². The van der Waals surface area contributed by atoms with Gasteiger partial charge in [0.25, 0.3) is 0 Å². The number of nitrogens with two attached hydrogens (primary N) is 1. The maximum atomic E-state index is 10.9. The maximum Gasteiger partial charge on any atom is 0.157 e. The number of aromatic nitrogens is 4. The molecule has 27 heavy (non-hydrogen) atoms. The number of rotatable bonds is 3. The molecule has 0 saturated carbocycles. The minimum absolute atomic E-state index is 0.143. The van der Waals surface area contributed by atoms with Crippen molar-refractivity contribution >= 4 is 32.9 Å². The molecule has 0 bridgehead atoms. The summed E-state index contributed by atoms with van der Waals surface area (Å²) >= 11 is 1.46. The lowest BCUT2D eigenvalue weighted by atomic mass is 10.1. The third-order valence-electron chi connectivity index (χ3n) is 5.16. The fraction of sp³-hybridized carbons (Fsp3) is 0.316. The molecule has 5 rings (SSSR count). The van der Waals surface area contributed by atoms with E-state index in [2.05, 4.69) is 26.4 Å². The quantitative estimate of drug-likeness (QED) is 0.472. The first kappa shape index (κ1) is 16.6. The molecule has 4 N–H and O–H groups in total. The Kier molecular flexibility index (Phi) is 3.68. The third kappa shape index (κ3) is 2.60. The van der Waals surface area contributed by atoms with Crippen molar-refractivity contribution in [3.63, 3.8) is 0 Å². The van der Waals surface area contributed by atoms with Crippen LogP contribution in [0.1, 0.15) is 33.8 Å². The van der Waals surface area contributed by atoms with Crippen LogP contribution in [0.25, 0.3) is 15.9 Å². The van der Waals surface area contributed by atoms with Gasteiger partial charge in [-0.25, -0.2) is 9.50 Å². The van der Waals surface area contributed by atoms with E-state index in [0.29, 0.717) is 11.5 Å². The lowest BCUT2D eigenvalue weighted by Crippen LogP contribution is -2.33. The molecule has 1 aliphatic carbocycles. The standard InChI is InChI=1S/C19H20N6OS/c1-9-6-14-22-10(2)24-25(14)19-15(9)16(20)17(27-19)18(26)23-12-7-11-4-3-5-21-13(11)8-12/h3-6,12,18,23,26H,7-8,20H2,1-2H3. The molecule has 2 unspecified atom stereocenters. The van der Waals surface area contributed by atoms with Crippen LogP contribution in [-0.2, 0) is 12.8 Å². The van der Waals surface area contributed by atoms with Gasteiger partial charge in [0.2, 0.25) is 0 Å². The van der Waals surface area contributed by atoms with Crippen molar-refractivity contribution in [2.45, 2.75) is 39.0 Å². The summed E-state index contributed by atoms with van der Waals surface area (Å²) in [4.78, 5) is 10.5. The maximum absolute atomic E-state index is 10.9. The molecule has 8 heteroatoms. The van der Waals surface area contributed by atoms with Crippen LogP contribution in [0.2, 0.25) is 0 Å². The highest BCUT2D eigenvalue weighted by atomic mass is 32.1. The topological polar surface area (TPSA) is 101 Å². The molecule has 0 aromatic carbocycles. The lowest BCUT2D eigenvalue weighted by molar-refractivity contribution is 0.128. The normalized spacial score (nSPS) is 17.7. The van der Waals surface area contributed by atoms with Crippen molar-refractivity contribution in [1.82, 2.24) is 24.9 Å². The van der Waals surface area contributed by atoms with Crippen molar-refractivity contribution in [2.75, 3.05) is 5.73 Å². The summed E-state index contributed by atoms with van der Waals surface area (Å²) in [6, 6.07) is 6.17. The number of fused-ring (bicyclic) bond motifs is 4. The Bertz CT molecular complexity index is 1160. The number of aryl methyl sites for hydroxylation is 2. The van der Waals surface area contributed by atoms with Gasteiger partial charge in [0, 0.05) is 29.7 Å². The van der Waals surface area contributed by atoms with Crippen LogP contribution in [0, 0.1) is 13.8 Å². The smallest absolute Gasteiger partial charge is 0.157 e. The second-order valence-corrected chi connectivity index (χ2v) is 8.13. The van der Waals surface area contributed by atoms with E-state index in [-0.39, 0.29) is 6.04 Å². The molecule has 0 spiro atoms. The number of nitrogens with one attached hydrogen (secondary N) is 1. The first-order valence-corrected chi connectivity index (χ1v) is 9.74. The molecule has 2 atom stereocenters. The molecular formula is C19H20N6OS. The lowest BCUT2D eigenvalue weighted by Gasteiger charge is -2.17. The Morgan fingerprint density at radius 2 is 2.22 bits per heavy atom. The minimum atomic E-state index is -0.833. The summed E-state index contributed by atoms with van der Waals surface area (Å²) in [7, 11) is 0. The molecule has 0 radical (unpaired) electrons. The second kappa shape index (κ2) is 5.98. The predicted molar refractivity (Wildman–Crippen MR) is 106 cm³/mol. The van der Waals surface area contributed by atoms with Crippen LogP contribution < -0.4 is 11.1 Å². The fourth-order valence-corrected chi connectivity index (χ4v) is 5.14. The Hall–Kier alpha value is -2.55. The SMILES string of the molecule is Cc1nc2cc(C)c3c(N)c(C(O)NC4Cc5cccnc5C4)sc3n2n1. The molecule has 0 saturated heterocycles. The molecule has 4 heterocycles. The Labute approximate surface area is 159 Å². The highest BCUT2D eigenvalue weighted by Crippen LogP contribution is 2.39. The number of pyridine rings is 2. The Morgan fingerprint density at radius 1 is 1.37 bits per heavy atom. The summed E-state index contributed by atoms with van der Waals surface area (Å²) < 4.78 is 1.81. The van der Waals surface area contributed by atoms with Gasteiger partial charge in [0.1, 0.15) is 16.9 Å². The van der Waals surface area contributed by atoms with Crippen molar-refractivity contribution in [2.24, 2.45) is 0 Å². The molecular weight excluding hydrogens is 360 g/mol. The highest BCUT2D eigenvalue weighted by molar-refractivity contribution is 7.19. The third-order valence-corrected chi connectivity index (χ3v) is 6.39. The molecule has 7 nitrogen and oxygen atoms in total. The molecule has 0 fully saturated rings. The van der Waals surface area contributed by atoms with E-state index in [1.54, 1.807) is 0 Å². The number of hydrogen-bond donors (Lipinski definition) is 3. The Morgan fingerprint density at radius 3 is 3.04 bits per heavy atom. The van der Waals surface area contributed by atoms with E-state index in [1.165, 1.54) is 16.9 Å². The molecule has 4 aromatic heterocycles. The van der Waals surface area contributed by atoms with Crippen LogP contribution >= 0.6 is 11.3 Å². The molecule has 1 aliphatic rings. The van der Waals surface area contributed by atoms with Gasteiger partial charge in [-0.1, -0.05) is 6.07 Å². The summed E-state index contributed by atoms with van der Waals surface area (Å²) in [5.41, 5.74) is 11.2. The predicted octanol–water partition coefficient (Wildman–Crippen LogP) is 2.29. The highest BCUT2D eigenvalue weighted by Gasteiger charge is 2.27. The van der Waals surface area contributed by atoms with Crippen molar-refractivity contribution in [3.8, 4) is 0 Å². The summed E-state index contributed by atoms with van der Waals surface area (Å²) in [6.45, 7) is 3.88. The van der Waals surface area contributed by atoms with E-state index < -0.39 is 6.23 Å². The average molecular weight is 380 g/mol. The number of thiophene rings is 1. The largest absolute Gasteiger partial charge is 0.397 e. The van der Waals surface area contributed by atoms with Gasteiger partial charge < -0.3 is 10.8 Å². The molecule has 138 valence electrons. The zero-order valence-electron chi connectivity index (χ0n) is 15.1. The summed E-state index contributed by atoms with van der Waals surface area (Å²) in [5, 5.41) is 19.6. The van der Waals surface area contributed by atoms with Gasteiger partial charge >= 0.3 is 0 Å². The zero-order valence-corrected chi connectivity index (χ0v) is 15.9. The van der Waals surface area contributed by atoms with Crippen LogP contribution in [-0.4, -0.2) is 30.7 Å². The van der Waals surface area contributed by atoms with E-state index in [4.69, 9.17) is 5.73 Å². The van der Waals surface area contributed by atoms with Crippen LogP contribution in [0.15, 0.2) is 24.4 Å². The first-order chi connectivity index (χ1) is 13.0. The first-order valence-electron chi connectivity index (χ1n) is 8.93. The molecule has 0 amide bonds. The number of aliphatic hydroxyl groups excluding tert-OH is 1. The summed E-state index contributed by atoms with van der Waals surface area (Å²) in [6.07, 6.45) is 2.65. The average Bonchev–Trinajstić information content (AvgIpc) is 3.29. The van der Waals surface area contributed by atoms with Crippen molar-refractivity contribution < 1.29 is 5.11 Å². The van der Waals surface area contributed by atoms with Crippen LogP contribution in [0.3, 0.4) is 0 Å². The van der Waals surface area contributed by atoms with Gasteiger partial charge in [-0.15, -0.1) is 11.3 Å². The van der Waals surface area contributed by atoms with Crippen molar-refractivity contribution in [1.29, 1.82) is 0 Å². The van der Waals surface area contributed by atoms with Gasteiger partial charge in [-0.2, -0.15) is 5.10 Å². The summed E-state index contributed by atoms with van der Waals surface area (Å²) in [5.74, 6) is 0.713. The van der Waals surface area contributed by atoms with Crippen LogP contribution in [0.5, 0.6) is 0 Å². The minimum Gasteiger partial charge on any atom is -0.397 e. The monoisotopic (exact) mass is 380 g/mol. The van der Waals surface area contributed by atoms with Crippen LogP contribution in [0.4, 0.5) is 5.69 Å². The van der Waals surface area contributed by atoms with Gasteiger partial charge in [0.05, 0.1) is 10.6 Å². The second-order valence-electron chi connectivity index (χ2n) is 7.10. The number of nitrogens with zero attached hydrogens (tertiary/aromatic N) is 4. The fourth-order valence-electron chi connectivity index (χ4n) is 3.95. The van der Waals surface area contributed by atoms with E-state index >= 15 is 0 Å². The van der Waals surface area contributed by atoms with Gasteiger partial charge in [-0.05, 0) is 43.5 Å². The number of nitrogen functional groups attached to an aromatic ring is 1. The van der Waals surface area contributed by atoms with Crippen molar-refractivity contribution in [3.05, 3.63) is 51.9 Å². The van der Waals surface area contributed by atoms with Gasteiger partial charge in [0.15, 0.2) is 5.65 Å². The molecule has 4 aromatic rings. The Balaban J connectivity index is 1.50. The number of hydrogen-bond acceptors (Lipinski definition) is 7. The molecule has 0 aliphatic heterocycles. The van der Waals surface area contributed by atoms with E-state index in [9.17, 15) is 5.11 Å².